The van der Waals surface area contributed by atoms with Gasteiger partial charge >= 0.3 is 5.76 Å². The fourth-order valence-electron chi connectivity index (χ4n) is 1.40. The van der Waals surface area contributed by atoms with E-state index in [2.05, 4.69) is 14.7 Å². The number of nitrogens with two attached hydrogens (primary N) is 1. The van der Waals surface area contributed by atoms with E-state index >= 15 is 0 Å². The zero-order valence-corrected chi connectivity index (χ0v) is 8.85. The van der Waals surface area contributed by atoms with Gasteiger partial charge in [-0.2, -0.15) is 5.26 Å². The van der Waals surface area contributed by atoms with E-state index in [0.717, 1.165) is 0 Å². The van der Waals surface area contributed by atoms with Crippen molar-refractivity contribution < 1.29 is 9.26 Å². The summed E-state index contributed by atoms with van der Waals surface area (Å²) in [4.78, 5) is 13.2. The lowest BCUT2D eigenvalue weighted by Crippen LogP contribution is -1.98. The average molecular weight is 232 g/mol. The molecular formula is C10H8N4O3. The van der Waals surface area contributed by atoms with Gasteiger partial charge < -0.3 is 10.5 Å². The lowest BCUT2D eigenvalue weighted by Gasteiger charge is -2.06. The summed E-state index contributed by atoms with van der Waals surface area (Å²) < 4.78 is 9.37. The van der Waals surface area contributed by atoms with E-state index in [1.54, 1.807) is 0 Å². The largest absolute Gasteiger partial charge is 0.495 e. The smallest absolute Gasteiger partial charge is 0.439 e. The van der Waals surface area contributed by atoms with Gasteiger partial charge in [0.15, 0.2) is 5.82 Å². The molecule has 2 aromatic rings. The maximum atomic E-state index is 10.8. The number of aromatic amines is 1. The Hall–Kier alpha value is -2.75. The second-order valence-corrected chi connectivity index (χ2v) is 3.20. The van der Waals surface area contributed by atoms with Crippen molar-refractivity contribution in [3.8, 4) is 23.2 Å². The molecule has 0 atom stereocenters. The molecule has 0 fully saturated rings. The number of methoxy groups -OCH3 is 1. The summed E-state index contributed by atoms with van der Waals surface area (Å²) in [7, 11) is 1.44. The van der Waals surface area contributed by atoms with E-state index in [-0.39, 0.29) is 5.82 Å². The lowest BCUT2D eigenvalue weighted by atomic mass is 10.1. The van der Waals surface area contributed by atoms with Crippen molar-refractivity contribution in [3.05, 3.63) is 28.2 Å². The molecule has 0 aliphatic heterocycles. The van der Waals surface area contributed by atoms with Crippen molar-refractivity contribution in [1.82, 2.24) is 10.1 Å². The SMILES string of the molecule is COc1cc(N)c(-c2noc(=O)[nH]2)cc1C#N. The van der Waals surface area contributed by atoms with Gasteiger partial charge in [0.2, 0.25) is 0 Å². The Kier molecular flexibility index (Phi) is 2.54. The zero-order valence-electron chi connectivity index (χ0n) is 8.85. The molecule has 0 saturated carbocycles. The first-order valence-electron chi connectivity index (χ1n) is 4.59. The van der Waals surface area contributed by atoms with Crippen LogP contribution in [0.4, 0.5) is 5.69 Å². The molecule has 0 bridgehead atoms. The third kappa shape index (κ3) is 1.83. The van der Waals surface area contributed by atoms with Crippen LogP contribution >= 0.6 is 0 Å². The number of nitrogen functional groups attached to an aromatic ring is 1. The summed E-state index contributed by atoms with van der Waals surface area (Å²) in [6, 6.07) is 4.92. The molecule has 0 saturated heterocycles. The molecule has 0 amide bonds. The van der Waals surface area contributed by atoms with Crippen LogP contribution in [0.2, 0.25) is 0 Å². The van der Waals surface area contributed by atoms with E-state index in [4.69, 9.17) is 15.7 Å². The van der Waals surface area contributed by atoms with Crippen molar-refractivity contribution in [2.45, 2.75) is 0 Å². The van der Waals surface area contributed by atoms with Gasteiger partial charge in [0.25, 0.3) is 0 Å². The predicted octanol–water partition coefficient (Wildman–Crippen LogP) is 0.492. The summed E-state index contributed by atoms with van der Waals surface area (Å²) in [6.45, 7) is 0. The summed E-state index contributed by atoms with van der Waals surface area (Å²) in [5.41, 5.74) is 6.80. The molecule has 0 spiro atoms. The highest BCUT2D eigenvalue weighted by Crippen LogP contribution is 2.29. The van der Waals surface area contributed by atoms with E-state index in [9.17, 15) is 4.79 Å². The lowest BCUT2D eigenvalue weighted by molar-refractivity contribution is 0.388. The van der Waals surface area contributed by atoms with Gasteiger partial charge in [-0.3, -0.25) is 9.51 Å². The van der Waals surface area contributed by atoms with E-state index < -0.39 is 5.76 Å². The molecule has 17 heavy (non-hydrogen) atoms. The van der Waals surface area contributed by atoms with Crippen LogP contribution in [0.1, 0.15) is 5.56 Å². The van der Waals surface area contributed by atoms with E-state index in [1.807, 2.05) is 6.07 Å². The van der Waals surface area contributed by atoms with Crippen molar-refractivity contribution in [2.75, 3.05) is 12.8 Å². The standard InChI is InChI=1S/C10H8N4O3/c1-16-8-3-7(12)6(2-5(8)4-11)9-13-10(15)17-14-9/h2-3H,12H2,1H3,(H,13,14,15). The Balaban J connectivity index is 2.64. The van der Waals surface area contributed by atoms with Gasteiger partial charge in [0.1, 0.15) is 11.8 Å². The van der Waals surface area contributed by atoms with Crippen molar-refractivity contribution >= 4 is 5.69 Å². The number of rotatable bonds is 2. The summed E-state index contributed by atoms with van der Waals surface area (Å²) in [6.07, 6.45) is 0. The van der Waals surface area contributed by atoms with Crippen molar-refractivity contribution in [2.24, 2.45) is 0 Å². The van der Waals surface area contributed by atoms with Gasteiger partial charge in [0, 0.05) is 17.3 Å². The van der Waals surface area contributed by atoms with Crippen LogP contribution in [0.25, 0.3) is 11.4 Å². The van der Waals surface area contributed by atoms with Gasteiger partial charge in [0.05, 0.1) is 12.7 Å². The second kappa shape index (κ2) is 4.02. The Labute approximate surface area is 95.4 Å². The number of nitrogens with zero attached hydrogens (tertiary/aromatic N) is 2. The number of anilines is 1. The second-order valence-electron chi connectivity index (χ2n) is 3.20. The van der Waals surface area contributed by atoms with Crippen LogP contribution < -0.4 is 16.2 Å². The molecule has 1 heterocycles. The molecule has 86 valence electrons. The molecule has 7 heteroatoms. The summed E-state index contributed by atoms with van der Waals surface area (Å²) >= 11 is 0. The van der Waals surface area contributed by atoms with Crippen LogP contribution in [0.15, 0.2) is 21.5 Å². The fraction of sp³-hybridized carbons (Fsp3) is 0.100. The highest BCUT2D eigenvalue weighted by Gasteiger charge is 2.13. The number of ether oxygens (including phenoxy) is 1. The van der Waals surface area contributed by atoms with Gasteiger partial charge in [-0.1, -0.05) is 5.16 Å². The zero-order chi connectivity index (χ0) is 12.4. The van der Waals surface area contributed by atoms with Crippen LogP contribution in [0.5, 0.6) is 5.75 Å². The molecule has 0 radical (unpaired) electrons. The molecule has 3 N–H and O–H groups in total. The van der Waals surface area contributed by atoms with Gasteiger partial charge in [-0.05, 0) is 6.07 Å². The first-order valence-corrected chi connectivity index (χ1v) is 4.59. The van der Waals surface area contributed by atoms with Crippen molar-refractivity contribution in [1.29, 1.82) is 5.26 Å². The number of aromatic nitrogens is 2. The van der Waals surface area contributed by atoms with Crippen LogP contribution in [-0.2, 0) is 0 Å². The number of hydrogen-bond acceptors (Lipinski definition) is 6. The Bertz CT molecular complexity index is 650. The number of nitriles is 1. The Morgan fingerprint density at radius 2 is 2.35 bits per heavy atom. The highest BCUT2D eigenvalue weighted by molar-refractivity contribution is 5.75. The normalized spacial score (nSPS) is 9.88. The first kappa shape index (κ1) is 10.8. The molecule has 7 nitrogen and oxygen atoms in total. The maximum Gasteiger partial charge on any atom is 0.439 e. The molecule has 0 aliphatic carbocycles. The van der Waals surface area contributed by atoms with Crippen LogP contribution in [0.3, 0.4) is 0 Å². The quantitative estimate of drug-likeness (QED) is 0.727. The number of hydrogen-bond donors (Lipinski definition) is 2. The van der Waals surface area contributed by atoms with E-state index in [1.165, 1.54) is 19.2 Å². The predicted molar refractivity (Wildman–Crippen MR) is 58.2 cm³/mol. The fourth-order valence-corrected chi connectivity index (χ4v) is 1.40. The Morgan fingerprint density at radius 3 is 2.88 bits per heavy atom. The monoisotopic (exact) mass is 232 g/mol. The third-order valence-electron chi connectivity index (χ3n) is 2.19. The molecule has 1 aromatic carbocycles. The van der Waals surface area contributed by atoms with Gasteiger partial charge in [-0.25, -0.2) is 4.79 Å². The minimum atomic E-state index is -0.686. The molecule has 0 aliphatic rings. The highest BCUT2D eigenvalue weighted by atomic mass is 16.5. The van der Waals surface area contributed by atoms with Crippen LogP contribution in [-0.4, -0.2) is 17.3 Å². The molecular weight excluding hydrogens is 224 g/mol. The third-order valence-corrected chi connectivity index (χ3v) is 2.19. The number of H-pyrrole nitrogens is 1. The Morgan fingerprint density at radius 1 is 1.59 bits per heavy atom. The molecule has 2 rings (SSSR count). The average Bonchev–Trinajstić information content (AvgIpc) is 2.75. The van der Waals surface area contributed by atoms with E-state index in [0.29, 0.717) is 22.6 Å². The van der Waals surface area contributed by atoms with Gasteiger partial charge in [-0.15, -0.1) is 0 Å². The molecule has 1 aromatic heterocycles. The molecule has 0 unspecified atom stereocenters. The first-order chi connectivity index (χ1) is 8.15. The number of benzene rings is 1. The number of nitrogens with one attached hydrogen (secondary N) is 1. The summed E-state index contributed by atoms with van der Waals surface area (Å²) in [5.74, 6) is -0.153. The minimum absolute atomic E-state index is 0.173. The minimum Gasteiger partial charge on any atom is -0.495 e. The summed E-state index contributed by atoms with van der Waals surface area (Å²) in [5, 5.41) is 12.4. The van der Waals surface area contributed by atoms with Crippen molar-refractivity contribution in [3.63, 3.8) is 0 Å². The topological polar surface area (TPSA) is 118 Å². The van der Waals surface area contributed by atoms with Crippen LogP contribution in [0, 0.1) is 11.3 Å². The maximum absolute atomic E-state index is 10.8.